The second-order valence-corrected chi connectivity index (χ2v) is 7.06. The van der Waals surface area contributed by atoms with Crippen molar-refractivity contribution in [3.05, 3.63) is 58.4 Å². The summed E-state index contributed by atoms with van der Waals surface area (Å²) < 4.78 is 40.0. The van der Waals surface area contributed by atoms with Gasteiger partial charge >= 0.3 is 0 Å². The highest BCUT2D eigenvalue weighted by Crippen LogP contribution is 2.19. The van der Waals surface area contributed by atoms with E-state index in [9.17, 15) is 12.8 Å². The summed E-state index contributed by atoms with van der Waals surface area (Å²) in [7, 11) is -2.56. The molecule has 106 valence electrons. The Kier molecular flexibility index (Phi) is 4.52. The Hall–Kier alpha value is -1.31. The number of hydrogen-bond donors (Lipinski definition) is 0. The van der Waals surface area contributed by atoms with Crippen LogP contribution in [0.15, 0.2) is 52.1 Å². The van der Waals surface area contributed by atoms with Crippen LogP contribution >= 0.6 is 15.9 Å². The minimum atomic E-state index is -3.95. The lowest BCUT2D eigenvalue weighted by atomic mass is 10.2. The van der Waals surface area contributed by atoms with Crippen LogP contribution in [0.4, 0.5) is 4.39 Å². The van der Waals surface area contributed by atoms with Crippen LogP contribution in [0, 0.1) is 5.82 Å². The van der Waals surface area contributed by atoms with Gasteiger partial charge in [-0.15, -0.1) is 0 Å². The highest BCUT2D eigenvalue weighted by molar-refractivity contribution is 9.10. The van der Waals surface area contributed by atoms with Gasteiger partial charge < -0.3 is 0 Å². The number of halogens is 2. The minimum absolute atomic E-state index is 0.137. The van der Waals surface area contributed by atoms with E-state index in [0.717, 1.165) is 20.4 Å². The van der Waals surface area contributed by atoms with Gasteiger partial charge in [-0.25, -0.2) is 17.8 Å². The Morgan fingerprint density at radius 3 is 2.70 bits per heavy atom. The van der Waals surface area contributed by atoms with Gasteiger partial charge in [0.25, 0.3) is 10.0 Å². The number of benzene rings is 1. The maximum Gasteiger partial charge on any atom is 0.263 e. The molecule has 0 spiro atoms. The normalized spacial score (nSPS) is 11.8. The molecule has 1 heterocycles. The summed E-state index contributed by atoms with van der Waals surface area (Å²) in [6, 6.07) is 9.68. The fraction of sp³-hybridized carbons (Fsp3) is 0.154. The van der Waals surface area contributed by atoms with Crippen LogP contribution in [-0.2, 0) is 16.6 Å². The zero-order chi connectivity index (χ0) is 14.8. The molecule has 1 aromatic carbocycles. The van der Waals surface area contributed by atoms with E-state index in [4.69, 9.17) is 0 Å². The fourth-order valence-electron chi connectivity index (χ4n) is 1.69. The highest BCUT2D eigenvalue weighted by Gasteiger charge is 2.25. The third-order valence-electron chi connectivity index (χ3n) is 2.67. The Balaban J connectivity index is 2.29. The molecule has 0 atom stereocenters. The number of sulfonamides is 1. The number of hydrogen-bond acceptors (Lipinski definition) is 3. The first-order valence-electron chi connectivity index (χ1n) is 5.72. The molecule has 0 N–H and O–H groups in total. The topological polar surface area (TPSA) is 50.3 Å². The van der Waals surface area contributed by atoms with Gasteiger partial charge in [0.1, 0.15) is 0 Å². The Morgan fingerprint density at radius 2 is 2.05 bits per heavy atom. The van der Waals surface area contributed by atoms with Crippen molar-refractivity contribution < 1.29 is 12.8 Å². The van der Waals surface area contributed by atoms with Crippen molar-refractivity contribution in [3.63, 3.8) is 0 Å². The van der Waals surface area contributed by atoms with Gasteiger partial charge in [-0.1, -0.05) is 28.1 Å². The molecule has 1 aromatic heterocycles. The van der Waals surface area contributed by atoms with E-state index in [1.807, 2.05) is 6.07 Å². The summed E-state index contributed by atoms with van der Waals surface area (Å²) >= 11 is 3.32. The third kappa shape index (κ3) is 3.23. The maximum atomic E-state index is 13.6. The zero-order valence-electron chi connectivity index (χ0n) is 10.6. The molecule has 0 saturated heterocycles. The molecule has 4 nitrogen and oxygen atoms in total. The summed E-state index contributed by atoms with van der Waals surface area (Å²) in [5, 5.41) is -0.558. The highest BCUT2D eigenvalue weighted by atomic mass is 79.9. The lowest BCUT2D eigenvalue weighted by Gasteiger charge is -2.17. The third-order valence-corrected chi connectivity index (χ3v) is 4.91. The van der Waals surface area contributed by atoms with Crippen LogP contribution in [0.2, 0.25) is 0 Å². The van der Waals surface area contributed by atoms with E-state index in [1.54, 1.807) is 18.2 Å². The number of pyridine rings is 1. The zero-order valence-corrected chi connectivity index (χ0v) is 13.0. The molecule has 0 unspecified atom stereocenters. The monoisotopic (exact) mass is 358 g/mol. The lowest BCUT2D eigenvalue weighted by molar-refractivity contribution is 0.454. The van der Waals surface area contributed by atoms with Crippen LogP contribution in [0.3, 0.4) is 0 Å². The van der Waals surface area contributed by atoms with E-state index >= 15 is 0 Å². The molecule has 7 heteroatoms. The minimum Gasteiger partial charge on any atom is -0.241 e. The Morgan fingerprint density at radius 1 is 1.30 bits per heavy atom. The predicted octanol–water partition coefficient (Wildman–Crippen LogP) is 2.80. The van der Waals surface area contributed by atoms with E-state index in [2.05, 4.69) is 20.9 Å². The van der Waals surface area contributed by atoms with Gasteiger partial charge in [-0.05, 0) is 29.8 Å². The SMILES string of the molecule is CN(Cc1cccc(Br)c1)S(=O)(=O)c1ncccc1F. The van der Waals surface area contributed by atoms with Crippen molar-refractivity contribution in [2.24, 2.45) is 0 Å². The van der Waals surface area contributed by atoms with Crippen LogP contribution in [0.25, 0.3) is 0 Å². The van der Waals surface area contributed by atoms with Crippen LogP contribution in [-0.4, -0.2) is 24.8 Å². The number of rotatable bonds is 4. The predicted molar refractivity (Wildman–Crippen MR) is 77.0 cm³/mol. The largest absolute Gasteiger partial charge is 0.263 e. The van der Waals surface area contributed by atoms with E-state index in [-0.39, 0.29) is 6.54 Å². The van der Waals surface area contributed by atoms with E-state index in [0.29, 0.717) is 0 Å². The van der Waals surface area contributed by atoms with Crippen molar-refractivity contribution >= 4 is 26.0 Å². The Bertz CT molecular complexity index is 722. The molecular formula is C13H12BrFN2O2S. The summed E-state index contributed by atoms with van der Waals surface area (Å²) in [6.45, 7) is 0.137. The molecule has 0 fully saturated rings. The first-order chi connectivity index (χ1) is 9.41. The molecule has 0 amide bonds. The molecule has 0 radical (unpaired) electrons. The van der Waals surface area contributed by atoms with Crippen molar-refractivity contribution in [2.45, 2.75) is 11.6 Å². The van der Waals surface area contributed by atoms with Crippen LogP contribution in [0.1, 0.15) is 5.56 Å². The summed E-state index contributed by atoms with van der Waals surface area (Å²) in [5.74, 6) is -0.853. The number of aromatic nitrogens is 1. The summed E-state index contributed by atoms with van der Waals surface area (Å²) in [5.41, 5.74) is 0.793. The van der Waals surface area contributed by atoms with E-state index in [1.165, 1.54) is 19.3 Å². The number of nitrogens with zero attached hydrogens (tertiary/aromatic N) is 2. The average Bonchev–Trinajstić information content (AvgIpc) is 2.39. The van der Waals surface area contributed by atoms with Crippen LogP contribution < -0.4 is 0 Å². The van der Waals surface area contributed by atoms with Gasteiger partial charge in [0.2, 0.25) is 5.03 Å². The average molecular weight is 359 g/mol. The van der Waals surface area contributed by atoms with Gasteiger partial charge in [0.15, 0.2) is 5.82 Å². The maximum absolute atomic E-state index is 13.6. The van der Waals surface area contributed by atoms with Gasteiger partial charge in [0, 0.05) is 24.3 Å². The van der Waals surface area contributed by atoms with E-state index < -0.39 is 20.9 Å². The molecule has 0 aliphatic rings. The van der Waals surface area contributed by atoms with Gasteiger partial charge in [-0.3, -0.25) is 0 Å². The summed E-state index contributed by atoms with van der Waals surface area (Å²) in [6.07, 6.45) is 1.25. The molecule has 0 bridgehead atoms. The first kappa shape index (κ1) is 15.1. The van der Waals surface area contributed by atoms with Crippen molar-refractivity contribution in [3.8, 4) is 0 Å². The fourth-order valence-corrected chi connectivity index (χ4v) is 3.26. The second-order valence-electron chi connectivity index (χ2n) is 4.18. The molecule has 2 aromatic rings. The smallest absolute Gasteiger partial charge is 0.241 e. The lowest BCUT2D eigenvalue weighted by Crippen LogP contribution is -2.28. The molecule has 0 saturated carbocycles. The molecular weight excluding hydrogens is 347 g/mol. The van der Waals surface area contributed by atoms with Crippen molar-refractivity contribution in [1.82, 2.24) is 9.29 Å². The van der Waals surface area contributed by atoms with Crippen LogP contribution in [0.5, 0.6) is 0 Å². The van der Waals surface area contributed by atoms with Crippen molar-refractivity contribution in [2.75, 3.05) is 7.05 Å². The van der Waals surface area contributed by atoms with Gasteiger partial charge in [0.05, 0.1) is 0 Å². The van der Waals surface area contributed by atoms with Crippen molar-refractivity contribution in [1.29, 1.82) is 0 Å². The quantitative estimate of drug-likeness (QED) is 0.844. The van der Waals surface area contributed by atoms with Gasteiger partial charge in [-0.2, -0.15) is 4.31 Å². The molecule has 2 rings (SSSR count). The molecule has 0 aliphatic heterocycles. The first-order valence-corrected chi connectivity index (χ1v) is 7.96. The standard InChI is InChI=1S/C13H12BrFN2O2S/c1-17(9-10-4-2-5-11(14)8-10)20(18,19)13-12(15)6-3-7-16-13/h2-8H,9H2,1H3. The second kappa shape index (κ2) is 5.99. The Labute approximate surface area is 125 Å². The molecule has 0 aliphatic carbocycles. The summed E-state index contributed by atoms with van der Waals surface area (Å²) in [4.78, 5) is 3.62. The molecule has 20 heavy (non-hydrogen) atoms.